The van der Waals surface area contributed by atoms with Gasteiger partial charge in [-0.25, -0.2) is 8.42 Å². The Morgan fingerprint density at radius 3 is 2.32 bits per heavy atom. The molecule has 22 heavy (non-hydrogen) atoms. The number of benzene rings is 1. The number of nitrogens with two attached hydrogens (primary N) is 1. The van der Waals surface area contributed by atoms with Gasteiger partial charge in [-0.15, -0.1) is 0 Å². The second-order valence-electron chi connectivity index (χ2n) is 5.46. The third-order valence-electron chi connectivity index (χ3n) is 4.36. The van der Waals surface area contributed by atoms with E-state index in [1.54, 1.807) is 26.2 Å². The van der Waals surface area contributed by atoms with E-state index in [2.05, 4.69) is 0 Å². The van der Waals surface area contributed by atoms with E-state index in [4.69, 9.17) is 27.4 Å². The first kappa shape index (κ1) is 17.2. The van der Waals surface area contributed by atoms with E-state index in [0.29, 0.717) is 5.75 Å². The largest absolute Gasteiger partial charge is 0.497 e. The Balaban J connectivity index is 2.48. The predicted molar refractivity (Wildman–Crippen MR) is 90.1 cm³/mol. The molecule has 1 aromatic rings. The topological polar surface area (TPSA) is 78.6 Å². The Morgan fingerprint density at radius 1 is 1.32 bits per heavy atom. The smallest absolute Gasteiger partial charge is 0.154 e. The summed E-state index contributed by atoms with van der Waals surface area (Å²) in [4.78, 5) is 0.192. The molecule has 0 aromatic heterocycles. The fourth-order valence-electron chi connectivity index (χ4n) is 3.17. The second-order valence-corrected chi connectivity index (χ2v) is 8.31. The molecule has 7 heteroatoms. The molecule has 0 saturated heterocycles. The molecule has 2 rings (SSSR count). The molecule has 3 atom stereocenters. The summed E-state index contributed by atoms with van der Waals surface area (Å²) in [7, 11) is -0.181. The van der Waals surface area contributed by atoms with Gasteiger partial charge in [0.2, 0.25) is 0 Å². The van der Waals surface area contributed by atoms with Crippen molar-refractivity contribution in [2.24, 2.45) is 11.1 Å². The molecule has 1 aromatic carbocycles. The molecular formula is C15H21NO4S2. The molecule has 0 spiro atoms. The van der Waals surface area contributed by atoms with Crippen LogP contribution in [-0.2, 0) is 14.6 Å². The molecule has 0 radical (unpaired) electrons. The van der Waals surface area contributed by atoms with E-state index in [0.717, 1.165) is 5.56 Å². The Labute approximate surface area is 136 Å². The van der Waals surface area contributed by atoms with Crippen molar-refractivity contribution in [2.75, 3.05) is 26.6 Å². The Hall–Kier alpha value is -1.18. The summed E-state index contributed by atoms with van der Waals surface area (Å²) in [5.41, 5.74) is 5.96. The Bertz CT molecular complexity index is 657. The highest BCUT2D eigenvalue weighted by Crippen LogP contribution is 2.63. The number of rotatable bonds is 7. The summed E-state index contributed by atoms with van der Waals surface area (Å²) in [5, 5.41) is -0.629. The number of ether oxygens (including phenoxy) is 2. The van der Waals surface area contributed by atoms with Crippen LogP contribution in [0.3, 0.4) is 0 Å². The summed E-state index contributed by atoms with van der Waals surface area (Å²) >= 11 is 5.19. The van der Waals surface area contributed by atoms with Gasteiger partial charge in [-0.2, -0.15) is 0 Å². The van der Waals surface area contributed by atoms with Gasteiger partial charge in [-0.1, -0.05) is 31.3 Å². The van der Waals surface area contributed by atoms with Gasteiger partial charge >= 0.3 is 0 Å². The fourth-order valence-corrected chi connectivity index (χ4v) is 5.64. The predicted octanol–water partition coefficient (Wildman–Crippen LogP) is 1.51. The maximum Gasteiger partial charge on any atom is 0.154 e. The van der Waals surface area contributed by atoms with Crippen LogP contribution in [0.15, 0.2) is 24.3 Å². The van der Waals surface area contributed by atoms with Gasteiger partial charge < -0.3 is 15.2 Å². The minimum Gasteiger partial charge on any atom is -0.497 e. The van der Waals surface area contributed by atoms with Crippen molar-refractivity contribution in [2.45, 2.75) is 18.1 Å². The number of hydrogen-bond donors (Lipinski definition) is 1. The summed E-state index contributed by atoms with van der Waals surface area (Å²) in [6, 6.07) is 7.33. The van der Waals surface area contributed by atoms with Crippen molar-refractivity contribution >= 4 is 27.0 Å². The highest BCUT2D eigenvalue weighted by Gasteiger charge is 2.72. The molecule has 0 amide bonds. The zero-order valence-electron chi connectivity index (χ0n) is 12.9. The molecule has 0 bridgehead atoms. The minimum atomic E-state index is -3.29. The van der Waals surface area contributed by atoms with Crippen molar-refractivity contribution < 1.29 is 17.9 Å². The zero-order chi connectivity index (χ0) is 16.5. The van der Waals surface area contributed by atoms with Crippen molar-refractivity contribution in [3.8, 4) is 5.75 Å². The van der Waals surface area contributed by atoms with Gasteiger partial charge in [0, 0.05) is 18.8 Å². The molecule has 2 N–H and O–H groups in total. The van der Waals surface area contributed by atoms with Crippen molar-refractivity contribution in [1.82, 2.24) is 0 Å². The SMILES string of the molecule is CCS(=O)(=O)[C@H]1[C@H](c2ccc(OC)cc2)[C@@]1(COC)C(N)=S. The van der Waals surface area contributed by atoms with Crippen LogP contribution in [0.25, 0.3) is 0 Å². The summed E-state index contributed by atoms with van der Waals surface area (Å²) < 4.78 is 35.3. The van der Waals surface area contributed by atoms with Crippen LogP contribution in [0.4, 0.5) is 0 Å². The highest BCUT2D eigenvalue weighted by atomic mass is 32.2. The number of thiocarbonyl (C=S) groups is 1. The van der Waals surface area contributed by atoms with E-state index in [1.165, 1.54) is 7.11 Å². The zero-order valence-corrected chi connectivity index (χ0v) is 14.5. The summed E-state index contributed by atoms with van der Waals surface area (Å²) in [5.74, 6) is 0.492. The molecule has 1 saturated carbocycles. The highest BCUT2D eigenvalue weighted by molar-refractivity contribution is 7.92. The van der Waals surface area contributed by atoms with Gasteiger partial charge in [-0.05, 0) is 17.7 Å². The minimum absolute atomic E-state index is 0.0540. The monoisotopic (exact) mass is 343 g/mol. The molecule has 0 unspecified atom stereocenters. The Morgan fingerprint density at radius 2 is 1.91 bits per heavy atom. The lowest BCUT2D eigenvalue weighted by Gasteiger charge is -2.15. The third-order valence-corrected chi connectivity index (χ3v) is 7.01. The van der Waals surface area contributed by atoms with E-state index in [-0.39, 0.29) is 23.3 Å². The van der Waals surface area contributed by atoms with Crippen LogP contribution in [0.5, 0.6) is 5.75 Å². The van der Waals surface area contributed by atoms with Gasteiger partial charge in [0.05, 0.1) is 29.4 Å². The van der Waals surface area contributed by atoms with E-state index < -0.39 is 20.5 Å². The molecule has 5 nitrogen and oxygen atoms in total. The maximum absolute atomic E-state index is 12.5. The third kappa shape index (κ3) is 2.61. The van der Waals surface area contributed by atoms with Crippen molar-refractivity contribution in [3.63, 3.8) is 0 Å². The van der Waals surface area contributed by atoms with Crippen LogP contribution < -0.4 is 10.5 Å². The second kappa shape index (κ2) is 6.14. The van der Waals surface area contributed by atoms with Crippen molar-refractivity contribution in [3.05, 3.63) is 29.8 Å². The molecule has 0 heterocycles. The first-order valence-electron chi connectivity index (χ1n) is 6.99. The number of methoxy groups -OCH3 is 2. The van der Waals surface area contributed by atoms with Crippen LogP contribution in [0.1, 0.15) is 18.4 Å². The fraction of sp³-hybridized carbons (Fsp3) is 0.533. The van der Waals surface area contributed by atoms with Gasteiger partial charge in [0.15, 0.2) is 9.84 Å². The number of sulfone groups is 1. The first-order valence-corrected chi connectivity index (χ1v) is 9.11. The van der Waals surface area contributed by atoms with Crippen LogP contribution in [-0.4, -0.2) is 45.2 Å². The Kier molecular flexibility index (Phi) is 4.79. The van der Waals surface area contributed by atoms with Crippen LogP contribution in [0, 0.1) is 5.41 Å². The van der Waals surface area contributed by atoms with E-state index >= 15 is 0 Å². The van der Waals surface area contributed by atoms with E-state index in [9.17, 15) is 8.42 Å². The number of hydrogen-bond acceptors (Lipinski definition) is 5. The lowest BCUT2D eigenvalue weighted by molar-refractivity contribution is 0.166. The van der Waals surface area contributed by atoms with Gasteiger partial charge in [0.25, 0.3) is 0 Å². The molecule has 122 valence electrons. The molecule has 0 aliphatic heterocycles. The normalized spacial score (nSPS) is 27.4. The molecule has 1 aliphatic carbocycles. The van der Waals surface area contributed by atoms with Crippen LogP contribution in [0.2, 0.25) is 0 Å². The lowest BCUT2D eigenvalue weighted by atomic mass is 10.00. The molecular weight excluding hydrogens is 322 g/mol. The van der Waals surface area contributed by atoms with Crippen LogP contribution >= 0.6 is 12.2 Å². The quantitative estimate of drug-likeness (QED) is 0.756. The molecule has 1 fully saturated rings. The standard InChI is InChI=1S/C15H21NO4S2/c1-4-22(17,18)13-12(15(13,9-19-2)14(16)21)10-5-7-11(20-3)8-6-10/h5-8,12-13H,4,9H2,1-3H3,(H2,16,21)/t12-,13-,15+/m0/s1. The lowest BCUT2D eigenvalue weighted by Crippen LogP contribution is -2.33. The van der Waals surface area contributed by atoms with Gasteiger partial charge in [-0.3, -0.25) is 0 Å². The average molecular weight is 343 g/mol. The van der Waals surface area contributed by atoms with Gasteiger partial charge in [0.1, 0.15) is 5.75 Å². The van der Waals surface area contributed by atoms with Crippen molar-refractivity contribution in [1.29, 1.82) is 0 Å². The average Bonchev–Trinajstić information content (AvgIpc) is 3.19. The maximum atomic E-state index is 12.5. The van der Waals surface area contributed by atoms with E-state index in [1.807, 2.05) is 12.1 Å². The molecule has 1 aliphatic rings. The summed E-state index contributed by atoms with van der Waals surface area (Å²) in [6.45, 7) is 1.83. The summed E-state index contributed by atoms with van der Waals surface area (Å²) in [6.07, 6.45) is 0. The first-order chi connectivity index (χ1) is 10.3.